The number of rotatable bonds is 4. The van der Waals surface area contributed by atoms with E-state index in [0.29, 0.717) is 5.69 Å². The van der Waals surface area contributed by atoms with E-state index < -0.39 is 12.1 Å². The Balaban J connectivity index is 2.04. The zero-order valence-electron chi connectivity index (χ0n) is 11.8. The summed E-state index contributed by atoms with van der Waals surface area (Å²) < 4.78 is 5.19. The molecular weight excluding hydrogens is 306 g/mol. The first-order valence-electron chi connectivity index (χ1n) is 6.46. The molecule has 22 heavy (non-hydrogen) atoms. The molecule has 0 aliphatic carbocycles. The number of halogens is 1. The average Bonchev–Trinajstić information content (AvgIpc) is 2.52. The average molecular weight is 320 g/mol. The van der Waals surface area contributed by atoms with Crippen LogP contribution in [0, 0.1) is 0 Å². The van der Waals surface area contributed by atoms with Crippen molar-refractivity contribution >= 4 is 29.4 Å². The van der Waals surface area contributed by atoms with Crippen LogP contribution >= 0.6 is 11.6 Å². The van der Waals surface area contributed by atoms with E-state index in [4.69, 9.17) is 21.4 Å². The highest BCUT2D eigenvalue weighted by Crippen LogP contribution is 2.23. The largest absolute Gasteiger partial charge is 0.478 e. The molecule has 0 aliphatic heterocycles. The van der Waals surface area contributed by atoms with Crippen molar-refractivity contribution in [2.24, 2.45) is 0 Å². The second-order valence-corrected chi connectivity index (χ2v) is 4.98. The summed E-state index contributed by atoms with van der Waals surface area (Å²) in [5.41, 5.74) is 1.31. The monoisotopic (exact) mass is 319 g/mol. The van der Waals surface area contributed by atoms with Gasteiger partial charge in [-0.2, -0.15) is 0 Å². The third kappa shape index (κ3) is 3.77. The number of hydrogen-bond acceptors (Lipinski definition) is 3. The van der Waals surface area contributed by atoms with E-state index in [1.807, 2.05) is 30.3 Å². The zero-order chi connectivity index (χ0) is 16.1. The molecule has 0 aromatic heterocycles. The summed E-state index contributed by atoms with van der Waals surface area (Å²) >= 11 is 5.89. The van der Waals surface area contributed by atoms with Gasteiger partial charge in [0.1, 0.15) is 6.61 Å². The minimum atomic E-state index is -1.12. The number of ether oxygens (including phenoxy) is 1. The van der Waals surface area contributed by atoms with E-state index in [9.17, 15) is 9.59 Å². The normalized spacial score (nSPS) is 10.1. The first-order chi connectivity index (χ1) is 10.5. The lowest BCUT2D eigenvalue weighted by Gasteiger charge is -2.17. The first-order valence-corrected chi connectivity index (χ1v) is 6.84. The topological polar surface area (TPSA) is 66.8 Å². The van der Waals surface area contributed by atoms with E-state index in [0.717, 1.165) is 5.56 Å². The predicted molar refractivity (Wildman–Crippen MR) is 83.4 cm³/mol. The van der Waals surface area contributed by atoms with Gasteiger partial charge in [-0.3, -0.25) is 4.90 Å². The maximum Gasteiger partial charge on any atom is 0.414 e. The number of benzene rings is 2. The third-order valence-electron chi connectivity index (χ3n) is 3.05. The SMILES string of the molecule is CN(C(=O)OCc1ccccc1)c1ccc(C(=O)O)c(Cl)c1. The van der Waals surface area contributed by atoms with Crippen molar-refractivity contribution in [1.29, 1.82) is 0 Å². The van der Waals surface area contributed by atoms with Crippen molar-refractivity contribution in [2.75, 3.05) is 11.9 Å². The lowest BCUT2D eigenvalue weighted by Crippen LogP contribution is -2.27. The number of carboxylic acid groups (broad SMARTS) is 1. The number of hydrogen-bond donors (Lipinski definition) is 1. The second kappa shape index (κ2) is 6.95. The molecule has 0 atom stereocenters. The summed E-state index contributed by atoms with van der Waals surface area (Å²) in [6.07, 6.45) is -0.553. The molecule has 0 fully saturated rings. The number of carbonyl (C=O) groups is 2. The Bertz CT molecular complexity index is 688. The van der Waals surface area contributed by atoms with Crippen LogP contribution in [-0.2, 0) is 11.3 Å². The Hall–Kier alpha value is -2.53. The number of aromatic carboxylic acids is 1. The van der Waals surface area contributed by atoms with Crippen molar-refractivity contribution in [1.82, 2.24) is 0 Å². The van der Waals surface area contributed by atoms with Crippen LogP contribution in [0.1, 0.15) is 15.9 Å². The zero-order valence-corrected chi connectivity index (χ0v) is 12.6. The molecule has 2 aromatic rings. The Labute approximate surface area is 132 Å². The quantitative estimate of drug-likeness (QED) is 0.930. The molecule has 5 nitrogen and oxygen atoms in total. The van der Waals surface area contributed by atoms with Crippen LogP contribution in [0.3, 0.4) is 0 Å². The molecule has 0 unspecified atom stereocenters. The van der Waals surface area contributed by atoms with Gasteiger partial charge in [-0.15, -0.1) is 0 Å². The fraction of sp³-hybridized carbons (Fsp3) is 0.125. The van der Waals surface area contributed by atoms with Gasteiger partial charge >= 0.3 is 12.1 Å². The number of carboxylic acids is 1. The molecule has 0 aliphatic rings. The molecule has 0 spiro atoms. The van der Waals surface area contributed by atoms with Crippen LogP contribution in [0.4, 0.5) is 10.5 Å². The summed E-state index contributed by atoms with van der Waals surface area (Å²) in [5.74, 6) is -1.12. The van der Waals surface area contributed by atoms with Crippen LogP contribution in [0.2, 0.25) is 5.02 Å². The molecular formula is C16H14ClNO4. The summed E-state index contributed by atoms with van der Waals surface area (Å²) in [6, 6.07) is 13.6. The molecule has 0 bridgehead atoms. The van der Waals surface area contributed by atoms with Crippen LogP contribution < -0.4 is 4.90 Å². The van der Waals surface area contributed by atoms with Gasteiger partial charge in [0.2, 0.25) is 0 Å². The minimum absolute atomic E-state index is 0.0172. The van der Waals surface area contributed by atoms with Crippen LogP contribution in [0.15, 0.2) is 48.5 Å². The number of anilines is 1. The summed E-state index contributed by atoms with van der Waals surface area (Å²) in [6.45, 7) is 0.158. The summed E-state index contributed by atoms with van der Waals surface area (Å²) in [7, 11) is 1.53. The van der Waals surface area contributed by atoms with Crippen LogP contribution in [0.5, 0.6) is 0 Å². The van der Waals surface area contributed by atoms with Gasteiger partial charge in [-0.25, -0.2) is 9.59 Å². The predicted octanol–water partition coefficient (Wildman–Crippen LogP) is 3.81. The molecule has 0 heterocycles. The molecule has 1 amide bonds. The van der Waals surface area contributed by atoms with Gasteiger partial charge in [0.15, 0.2) is 0 Å². The Kier molecular flexibility index (Phi) is 5.01. The van der Waals surface area contributed by atoms with Crippen molar-refractivity contribution in [3.63, 3.8) is 0 Å². The van der Waals surface area contributed by atoms with Gasteiger partial charge in [-0.1, -0.05) is 41.9 Å². The van der Waals surface area contributed by atoms with Gasteiger partial charge in [-0.05, 0) is 23.8 Å². The van der Waals surface area contributed by atoms with E-state index in [1.165, 1.54) is 30.1 Å². The van der Waals surface area contributed by atoms with Crippen molar-refractivity contribution in [3.8, 4) is 0 Å². The first kappa shape index (κ1) is 15.9. The lowest BCUT2D eigenvalue weighted by molar-refractivity contribution is 0.0697. The molecule has 6 heteroatoms. The van der Waals surface area contributed by atoms with Crippen LogP contribution in [-0.4, -0.2) is 24.2 Å². The molecule has 2 aromatic carbocycles. The Morgan fingerprint density at radius 1 is 1.18 bits per heavy atom. The maximum atomic E-state index is 12.0. The Morgan fingerprint density at radius 2 is 1.86 bits per heavy atom. The molecule has 0 saturated heterocycles. The van der Waals surface area contributed by atoms with E-state index in [1.54, 1.807) is 0 Å². The second-order valence-electron chi connectivity index (χ2n) is 4.57. The number of amides is 1. The van der Waals surface area contributed by atoms with E-state index in [-0.39, 0.29) is 17.2 Å². The highest BCUT2D eigenvalue weighted by Gasteiger charge is 2.15. The fourth-order valence-electron chi connectivity index (χ4n) is 1.81. The third-order valence-corrected chi connectivity index (χ3v) is 3.36. The molecule has 0 radical (unpaired) electrons. The summed E-state index contributed by atoms with van der Waals surface area (Å²) in [4.78, 5) is 24.2. The summed E-state index contributed by atoms with van der Waals surface area (Å²) in [5, 5.41) is 8.99. The molecule has 0 saturated carbocycles. The van der Waals surface area contributed by atoms with Crippen molar-refractivity contribution < 1.29 is 19.4 Å². The maximum absolute atomic E-state index is 12.0. The van der Waals surface area contributed by atoms with E-state index >= 15 is 0 Å². The van der Waals surface area contributed by atoms with Crippen molar-refractivity contribution in [2.45, 2.75) is 6.61 Å². The van der Waals surface area contributed by atoms with Gasteiger partial charge in [0.05, 0.1) is 10.6 Å². The lowest BCUT2D eigenvalue weighted by atomic mass is 10.2. The van der Waals surface area contributed by atoms with E-state index in [2.05, 4.69) is 0 Å². The van der Waals surface area contributed by atoms with Gasteiger partial charge in [0, 0.05) is 12.7 Å². The highest BCUT2D eigenvalue weighted by molar-refractivity contribution is 6.33. The Morgan fingerprint density at radius 3 is 2.45 bits per heavy atom. The highest BCUT2D eigenvalue weighted by atomic mass is 35.5. The minimum Gasteiger partial charge on any atom is -0.478 e. The standard InChI is InChI=1S/C16H14ClNO4/c1-18(12-7-8-13(15(19)20)14(17)9-12)16(21)22-10-11-5-3-2-4-6-11/h2-9H,10H2,1H3,(H,19,20). The molecule has 1 N–H and O–H groups in total. The molecule has 114 valence electrons. The fourth-order valence-corrected chi connectivity index (χ4v) is 2.06. The van der Waals surface area contributed by atoms with Crippen molar-refractivity contribution in [3.05, 3.63) is 64.7 Å². The van der Waals surface area contributed by atoms with Crippen LogP contribution in [0.25, 0.3) is 0 Å². The number of nitrogens with zero attached hydrogens (tertiary/aromatic N) is 1. The van der Waals surface area contributed by atoms with Gasteiger partial charge < -0.3 is 9.84 Å². The smallest absolute Gasteiger partial charge is 0.414 e. The van der Waals surface area contributed by atoms with Gasteiger partial charge in [0.25, 0.3) is 0 Å². The number of carbonyl (C=O) groups excluding carboxylic acids is 1. The molecule has 2 rings (SSSR count).